The molecule has 0 heterocycles. The Morgan fingerprint density at radius 3 is 1.65 bits per heavy atom. The van der Waals surface area contributed by atoms with Crippen molar-refractivity contribution in [3.05, 3.63) is 82.9 Å². The van der Waals surface area contributed by atoms with Gasteiger partial charge in [-0.1, -0.05) is 60.7 Å². The first kappa shape index (κ1) is 16.5. The normalized spacial score (nSPS) is 11.7. The molecule has 0 spiro atoms. The number of benzene rings is 2. The molecule has 0 unspecified atom stereocenters. The maximum atomic E-state index is 11.5. The molecule has 0 aliphatic heterocycles. The number of hydrogen-bond acceptors (Lipinski definition) is 2. The Hall–Kier alpha value is -2.88. The predicted octanol–water partition coefficient (Wildman–Crippen LogP) is 3.33. The van der Waals surface area contributed by atoms with Crippen LogP contribution in [0, 0.1) is 0 Å². The third-order valence-electron chi connectivity index (χ3n) is 3.61. The van der Waals surface area contributed by atoms with E-state index < -0.39 is 11.9 Å². The summed E-state index contributed by atoms with van der Waals surface area (Å²) in [7, 11) is 0. The van der Waals surface area contributed by atoms with Crippen LogP contribution in [0.4, 0.5) is 0 Å². The Bertz CT molecular complexity index is 703. The second-order valence-corrected chi connectivity index (χ2v) is 5.22. The molecule has 4 nitrogen and oxygen atoms in total. The van der Waals surface area contributed by atoms with Gasteiger partial charge in [-0.3, -0.25) is 0 Å². The van der Waals surface area contributed by atoms with E-state index in [0.29, 0.717) is 6.42 Å². The van der Waals surface area contributed by atoms with Crippen molar-refractivity contribution in [3.8, 4) is 0 Å². The van der Waals surface area contributed by atoms with Crippen LogP contribution in [0.2, 0.25) is 0 Å². The lowest BCUT2D eigenvalue weighted by Crippen LogP contribution is -2.14. The Morgan fingerprint density at radius 1 is 0.696 bits per heavy atom. The van der Waals surface area contributed by atoms with Crippen molar-refractivity contribution in [3.63, 3.8) is 0 Å². The summed E-state index contributed by atoms with van der Waals surface area (Å²) < 4.78 is 0. The molecule has 0 aliphatic carbocycles. The third kappa shape index (κ3) is 4.81. The second-order valence-electron chi connectivity index (χ2n) is 5.22. The van der Waals surface area contributed by atoms with E-state index in [-0.39, 0.29) is 24.0 Å². The van der Waals surface area contributed by atoms with Crippen LogP contribution < -0.4 is 0 Å². The van der Waals surface area contributed by atoms with Crippen molar-refractivity contribution >= 4 is 11.9 Å². The Balaban J connectivity index is 2.26. The monoisotopic (exact) mass is 310 g/mol. The molecule has 0 radical (unpaired) electrons. The van der Waals surface area contributed by atoms with Gasteiger partial charge in [0.1, 0.15) is 0 Å². The fourth-order valence-electron chi connectivity index (χ4n) is 2.41. The molecule has 0 bridgehead atoms. The summed E-state index contributed by atoms with van der Waals surface area (Å²) in [6.07, 6.45) is 0.786. The topological polar surface area (TPSA) is 74.6 Å². The molecule has 0 saturated heterocycles. The van der Waals surface area contributed by atoms with Crippen LogP contribution in [0.25, 0.3) is 0 Å². The SMILES string of the molecule is O=C(O)C(CCc1ccccc1)=C(Cc1ccccc1)C(=O)O. The van der Waals surface area contributed by atoms with E-state index in [0.717, 1.165) is 11.1 Å². The first-order chi connectivity index (χ1) is 11.1. The summed E-state index contributed by atoms with van der Waals surface area (Å²) in [6.45, 7) is 0. The highest BCUT2D eigenvalue weighted by atomic mass is 16.4. The van der Waals surface area contributed by atoms with Crippen LogP contribution >= 0.6 is 0 Å². The van der Waals surface area contributed by atoms with E-state index in [1.165, 1.54) is 0 Å². The molecule has 2 N–H and O–H groups in total. The van der Waals surface area contributed by atoms with Crippen LogP contribution in [-0.2, 0) is 22.4 Å². The van der Waals surface area contributed by atoms with Crippen LogP contribution in [-0.4, -0.2) is 22.2 Å². The van der Waals surface area contributed by atoms with Crippen molar-refractivity contribution in [2.24, 2.45) is 0 Å². The molecule has 2 aromatic rings. The Labute approximate surface area is 134 Å². The van der Waals surface area contributed by atoms with Gasteiger partial charge in [0.05, 0.1) is 5.57 Å². The molecule has 0 atom stereocenters. The van der Waals surface area contributed by atoms with Gasteiger partial charge in [-0.2, -0.15) is 0 Å². The van der Waals surface area contributed by atoms with E-state index in [2.05, 4.69) is 0 Å². The zero-order valence-corrected chi connectivity index (χ0v) is 12.6. The molecule has 23 heavy (non-hydrogen) atoms. The molecule has 118 valence electrons. The average molecular weight is 310 g/mol. The van der Waals surface area contributed by atoms with Crippen molar-refractivity contribution in [2.75, 3.05) is 0 Å². The molecule has 0 amide bonds. The van der Waals surface area contributed by atoms with Crippen LogP contribution in [0.5, 0.6) is 0 Å². The molecular weight excluding hydrogens is 292 g/mol. The summed E-state index contributed by atoms with van der Waals surface area (Å²) in [5.41, 5.74) is 1.67. The minimum atomic E-state index is -1.18. The Kier molecular flexibility index (Phi) is 5.69. The molecule has 2 rings (SSSR count). The van der Waals surface area contributed by atoms with Gasteiger partial charge in [-0.15, -0.1) is 0 Å². The summed E-state index contributed by atoms with van der Waals surface area (Å²) >= 11 is 0. The van der Waals surface area contributed by atoms with Gasteiger partial charge in [0.15, 0.2) is 0 Å². The van der Waals surface area contributed by atoms with Gasteiger partial charge >= 0.3 is 11.9 Å². The maximum absolute atomic E-state index is 11.5. The van der Waals surface area contributed by atoms with E-state index in [1.54, 1.807) is 24.3 Å². The number of carbonyl (C=O) groups is 2. The zero-order chi connectivity index (χ0) is 16.7. The fourth-order valence-corrected chi connectivity index (χ4v) is 2.41. The van der Waals surface area contributed by atoms with Gasteiger partial charge in [0.25, 0.3) is 0 Å². The van der Waals surface area contributed by atoms with E-state index in [9.17, 15) is 19.8 Å². The summed E-state index contributed by atoms with van der Waals surface area (Å²) in [4.78, 5) is 23.1. The summed E-state index contributed by atoms with van der Waals surface area (Å²) in [5.74, 6) is -2.35. The van der Waals surface area contributed by atoms with E-state index >= 15 is 0 Å². The number of carboxylic acids is 2. The highest BCUT2D eigenvalue weighted by Crippen LogP contribution is 2.18. The number of aliphatic carboxylic acids is 2. The largest absolute Gasteiger partial charge is 0.478 e. The highest BCUT2D eigenvalue weighted by Gasteiger charge is 2.20. The molecule has 0 saturated carbocycles. The standard InChI is InChI=1S/C19H18O4/c20-18(21)16(12-11-14-7-3-1-4-8-14)17(19(22)23)13-15-9-5-2-6-10-15/h1-10H,11-13H2,(H,20,21)(H,22,23). The van der Waals surface area contributed by atoms with Gasteiger partial charge in [-0.05, 0) is 24.0 Å². The van der Waals surface area contributed by atoms with Crippen molar-refractivity contribution < 1.29 is 19.8 Å². The van der Waals surface area contributed by atoms with Crippen LogP contribution in [0.15, 0.2) is 71.8 Å². The van der Waals surface area contributed by atoms with Crippen molar-refractivity contribution in [1.82, 2.24) is 0 Å². The number of aryl methyl sites for hydroxylation is 1. The maximum Gasteiger partial charge on any atom is 0.332 e. The van der Waals surface area contributed by atoms with Crippen molar-refractivity contribution in [2.45, 2.75) is 19.3 Å². The lowest BCUT2D eigenvalue weighted by molar-refractivity contribution is -0.136. The lowest BCUT2D eigenvalue weighted by Gasteiger charge is -2.09. The average Bonchev–Trinajstić information content (AvgIpc) is 2.55. The minimum absolute atomic E-state index is 0.0368. The highest BCUT2D eigenvalue weighted by molar-refractivity contribution is 5.99. The van der Waals surface area contributed by atoms with Gasteiger partial charge in [0.2, 0.25) is 0 Å². The van der Waals surface area contributed by atoms with E-state index in [1.807, 2.05) is 36.4 Å². The second kappa shape index (κ2) is 7.94. The number of hydrogen-bond donors (Lipinski definition) is 2. The van der Waals surface area contributed by atoms with Gasteiger partial charge in [0, 0.05) is 12.0 Å². The predicted molar refractivity (Wildman–Crippen MR) is 87.2 cm³/mol. The van der Waals surface area contributed by atoms with Gasteiger partial charge in [-0.25, -0.2) is 9.59 Å². The molecule has 0 aliphatic rings. The smallest absolute Gasteiger partial charge is 0.332 e. The molecule has 2 aromatic carbocycles. The van der Waals surface area contributed by atoms with E-state index in [4.69, 9.17) is 0 Å². The summed E-state index contributed by atoms with van der Waals surface area (Å²) in [5, 5.41) is 18.9. The molecule has 0 aromatic heterocycles. The van der Waals surface area contributed by atoms with Gasteiger partial charge < -0.3 is 10.2 Å². The van der Waals surface area contributed by atoms with Crippen molar-refractivity contribution in [1.29, 1.82) is 0 Å². The lowest BCUT2D eigenvalue weighted by atomic mass is 9.95. The quantitative estimate of drug-likeness (QED) is 0.769. The molecular formula is C19H18O4. The fraction of sp³-hybridized carbons (Fsp3) is 0.158. The third-order valence-corrected chi connectivity index (χ3v) is 3.61. The number of rotatable bonds is 7. The molecule has 0 fully saturated rings. The van der Waals surface area contributed by atoms with Crippen LogP contribution in [0.3, 0.4) is 0 Å². The summed E-state index contributed by atoms with van der Waals surface area (Å²) in [6, 6.07) is 18.5. The molecule has 4 heteroatoms. The van der Waals surface area contributed by atoms with Crippen LogP contribution in [0.1, 0.15) is 17.5 Å². The first-order valence-electron chi connectivity index (χ1n) is 7.34. The minimum Gasteiger partial charge on any atom is -0.478 e. The number of carboxylic acid groups (broad SMARTS) is 2. The Morgan fingerprint density at radius 2 is 1.17 bits per heavy atom. The first-order valence-corrected chi connectivity index (χ1v) is 7.34. The zero-order valence-electron chi connectivity index (χ0n) is 12.6.